The highest BCUT2D eigenvalue weighted by molar-refractivity contribution is 6.09. The number of aliphatic hydroxyl groups is 1. The minimum absolute atomic E-state index is 0.146. The molecule has 0 fully saturated rings. The van der Waals surface area contributed by atoms with Crippen molar-refractivity contribution >= 4 is 27.7 Å². The van der Waals surface area contributed by atoms with Gasteiger partial charge in [-0.3, -0.25) is 9.89 Å². The third kappa shape index (κ3) is 4.10. The number of aromatic amines is 2. The highest BCUT2D eigenvalue weighted by atomic mass is 19.4. The molecule has 8 nitrogen and oxygen atoms in total. The molecule has 11 heteroatoms. The highest BCUT2D eigenvalue weighted by Gasteiger charge is 2.36. The van der Waals surface area contributed by atoms with Crippen LogP contribution in [0.15, 0.2) is 48.9 Å². The van der Waals surface area contributed by atoms with E-state index < -0.39 is 17.8 Å². The number of nitrogens with zero attached hydrogens (tertiary/aromatic N) is 3. The summed E-state index contributed by atoms with van der Waals surface area (Å²) in [6, 6.07) is 7.59. The third-order valence-electron chi connectivity index (χ3n) is 6.76. The molecule has 1 aliphatic carbocycles. The molecular weight excluding hydrogens is 485 g/mol. The number of H-pyrrole nitrogens is 2. The number of alkyl halides is 3. The Balaban J connectivity index is 1.47. The van der Waals surface area contributed by atoms with Crippen molar-refractivity contribution in [2.75, 3.05) is 0 Å². The van der Waals surface area contributed by atoms with Gasteiger partial charge in [-0.15, -0.1) is 0 Å². The molecule has 5 aromatic rings. The second-order valence-corrected chi connectivity index (χ2v) is 9.09. The molecule has 1 atom stereocenters. The Morgan fingerprint density at radius 1 is 1.19 bits per heavy atom. The molecule has 2 aromatic carbocycles. The Morgan fingerprint density at radius 3 is 2.73 bits per heavy atom. The zero-order chi connectivity index (χ0) is 25.7. The summed E-state index contributed by atoms with van der Waals surface area (Å²) in [6.07, 6.45) is 0.643. The van der Waals surface area contributed by atoms with Gasteiger partial charge in [0, 0.05) is 40.7 Å². The van der Waals surface area contributed by atoms with Crippen LogP contribution in [0.4, 0.5) is 13.2 Å². The first-order chi connectivity index (χ1) is 17.8. The maximum atomic E-state index is 14.1. The van der Waals surface area contributed by atoms with Gasteiger partial charge in [0.2, 0.25) is 0 Å². The number of pyridine rings is 1. The van der Waals surface area contributed by atoms with Crippen molar-refractivity contribution in [3.8, 4) is 11.3 Å². The highest BCUT2D eigenvalue weighted by Crippen LogP contribution is 2.43. The molecular formula is C26H21F3N6O2. The summed E-state index contributed by atoms with van der Waals surface area (Å²) in [5.41, 5.74) is 2.07. The molecule has 37 heavy (non-hydrogen) atoms. The number of hydrogen-bond acceptors (Lipinski definition) is 5. The minimum Gasteiger partial charge on any atom is -0.393 e. The number of rotatable bonds is 4. The maximum Gasteiger partial charge on any atom is 0.418 e. The average Bonchev–Trinajstić information content (AvgIpc) is 3.57. The van der Waals surface area contributed by atoms with Crippen molar-refractivity contribution in [2.45, 2.75) is 38.1 Å². The molecule has 188 valence electrons. The summed E-state index contributed by atoms with van der Waals surface area (Å²) in [7, 11) is 0. The number of carbonyl (C=O) groups excluding carboxylic acids is 1. The fourth-order valence-electron chi connectivity index (χ4n) is 5.01. The van der Waals surface area contributed by atoms with Crippen LogP contribution in [0.3, 0.4) is 0 Å². The molecule has 0 bridgehead atoms. The SMILES string of the molecule is O=C(NCc1ncc[nH]1)c1ccc(-c2nc3c(C(F)(F)F)cc4[nH]ncc4c3c3c2CC(O)CC3)cc1. The number of aliphatic hydroxyl groups excluding tert-OH is 1. The van der Waals surface area contributed by atoms with Gasteiger partial charge in [-0.05, 0) is 42.2 Å². The summed E-state index contributed by atoms with van der Waals surface area (Å²) in [5, 5.41) is 20.8. The quantitative estimate of drug-likeness (QED) is 0.290. The van der Waals surface area contributed by atoms with Gasteiger partial charge in [-0.25, -0.2) is 9.97 Å². The molecule has 3 heterocycles. The number of hydrogen-bond donors (Lipinski definition) is 4. The Morgan fingerprint density at radius 2 is 2.00 bits per heavy atom. The summed E-state index contributed by atoms with van der Waals surface area (Å²) in [6.45, 7) is 0.230. The molecule has 0 saturated heterocycles. The lowest BCUT2D eigenvalue weighted by molar-refractivity contribution is -0.136. The first-order valence-corrected chi connectivity index (χ1v) is 11.7. The Hall–Kier alpha value is -4.25. The smallest absolute Gasteiger partial charge is 0.393 e. The van der Waals surface area contributed by atoms with E-state index in [0.717, 1.165) is 11.6 Å². The topological polar surface area (TPSA) is 120 Å². The summed E-state index contributed by atoms with van der Waals surface area (Å²) < 4.78 is 42.4. The van der Waals surface area contributed by atoms with Crippen LogP contribution in [0, 0.1) is 0 Å². The van der Waals surface area contributed by atoms with E-state index in [9.17, 15) is 23.1 Å². The monoisotopic (exact) mass is 506 g/mol. The predicted octanol–water partition coefficient (Wildman–Crippen LogP) is 4.30. The van der Waals surface area contributed by atoms with Crippen LogP contribution in [-0.4, -0.2) is 42.3 Å². The van der Waals surface area contributed by atoms with E-state index in [-0.39, 0.29) is 29.9 Å². The van der Waals surface area contributed by atoms with Crippen molar-refractivity contribution in [2.24, 2.45) is 0 Å². The summed E-state index contributed by atoms with van der Waals surface area (Å²) in [4.78, 5) is 24.1. The second kappa shape index (κ2) is 8.70. The van der Waals surface area contributed by atoms with Gasteiger partial charge in [0.15, 0.2) is 0 Å². The van der Waals surface area contributed by atoms with Crippen LogP contribution in [0.5, 0.6) is 0 Å². The molecule has 6 rings (SSSR count). The Kier molecular flexibility index (Phi) is 5.45. The van der Waals surface area contributed by atoms with Crippen molar-refractivity contribution < 1.29 is 23.1 Å². The number of nitrogens with one attached hydrogen (secondary N) is 3. The number of amides is 1. The first kappa shape index (κ1) is 23.2. The van der Waals surface area contributed by atoms with E-state index >= 15 is 0 Å². The van der Waals surface area contributed by atoms with E-state index in [1.54, 1.807) is 36.7 Å². The number of benzene rings is 2. The van der Waals surface area contributed by atoms with E-state index in [2.05, 4.69) is 30.5 Å². The lowest BCUT2D eigenvalue weighted by Crippen LogP contribution is -2.23. The van der Waals surface area contributed by atoms with E-state index in [0.29, 0.717) is 51.8 Å². The Bertz CT molecular complexity index is 1620. The van der Waals surface area contributed by atoms with Gasteiger partial charge in [0.05, 0.1) is 41.1 Å². The van der Waals surface area contributed by atoms with Crippen molar-refractivity contribution in [1.82, 2.24) is 30.5 Å². The number of halogens is 3. The Labute approximate surface area is 208 Å². The predicted molar refractivity (Wildman–Crippen MR) is 130 cm³/mol. The molecule has 1 amide bonds. The van der Waals surface area contributed by atoms with Gasteiger partial charge in [-0.2, -0.15) is 18.3 Å². The standard InChI is InChI=1S/C26H21F3N6O2/c27-26(28,29)19-10-20-18(11-33-35-20)22-16-6-5-15(36)9-17(16)23(34-24(19)22)13-1-3-14(4-2-13)25(37)32-12-21-30-7-8-31-21/h1-4,7-8,10-11,15,36H,5-6,9,12H2,(H,30,31)(H,32,37)(H,33,35). The molecule has 4 N–H and O–H groups in total. The average molecular weight is 506 g/mol. The fraction of sp³-hybridized carbons (Fsp3) is 0.231. The van der Waals surface area contributed by atoms with E-state index in [4.69, 9.17) is 0 Å². The fourth-order valence-corrected chi connectivity index (χ4v) is 5.01. The molecule has 1 aliphatic rings. The van der Waals surface area contributed by atoms with Gasteiger partial charge < -0.3 is 15.4 Å². The van der Waals surface area contributed by atoms with Crippen molar-refractivity contribution in [3.63, 3.8) is 0 Å². The van der Waals surface area contributed by atoms with Gasteiger partial charge in [0.25, 0.3) is 5.91 Å². The number of aromatic nitrogens is 5. The minimum atomic E-state index is -4.62. The van der Waals surface area contributed by atoms with Crippen LogP contribution >= 0.6 is 0 Å². The number of imidazole rings is 1. The van der Waals surface area contributed by atoms with Gasteiger partial charge in [0.1, 0.15) is 5.82 Å². The molecule has 0 aliphatic heterocycles. The zero-order valence-corrected chi connectivity index (χ0v) is 19.4. The number of aryl methyl sites for hydroxylation is 1. The molecule has 0 spiro atoms. The molecule has 0 saturated carbocycles. The molecule has 3 aromatic heterocycles. The van der Waals surface area contributed by atoms with E-state index in [1.165, 1.54) is 6.20 Å². The van der Waals surface area contributed by atoms with Crippen LogP contribution < -0.4 is 5.32 Å². The second-order valence-electron chi connectivity index (χ2n) is 9.09. The van der Waals surface area contributed by atoms with E-state index in [1.807, 2.05) is 0 Å². The number of carbonyl (C=O) groups is 1. The van der Waals surface area contributed by atoms with Crippen LogP contribution in [0.25, 0.3) is 33.1 Å². The largest absolute Gasteiger partial charge is 0.418 e. The zero-order valence-electron chi connectivity index (χ0n) is 19.4. The number of fused-ring (bicyclic) bond motifs is 5. The van der Waals surface area contributed by atoms with Crippen LogP contribution in [-0.2, 0) is 25.6 Å². The summed E-state index contributed by atoms with van der Waals surface area (Å²) in [5.74, 6) is 0.302. The van der Waals surface area contributed by atoms with Crippen molar-refractivity contribution in [1.29, 1.82) is 0 Å². The normalized spacial score (nSPS) is 15.7. The summed E-state index contributed by atoms with van der Waals surface area (Å²) >= 11 is 0. The third-order valence-corrected chi connectivity index (χ3v) is 6.76. The first-order valence-electron chi connectivity index (χ1n) is 11.7. The maximum absolute atomic E-state index is 14.1. The van der Waals surface area contributed by atoms with Crippen LogP contribution in [0.1, 0.15) is 39.3 Å². The van der Waals surface area contributed by atoms with Crippen molar-refractivity contribution in [3.05, 3.63) is 77.0 Å². The van der Waals surface area contributed by atoms with Crippen LogP contribution in [0.2, 0.25) is 0 Å². The van der Waals surface area contributed by atoms with Gasteiger partial charge >= 0.3 is 6.18 Å². The van der Waals surface area contributed by atoms with Gasteiger partial charge in [-0.1, -0.05) is 12.1 Å². The molecule has 0 radical (unpaired) electrons. The lowest BCUT2D eigenvalue weighted by Gasteiger charge is -2.26. The molecule has 1 unspecified atom stereocenters. The lowest BCUT2D eigenvalue weighted by atomic mass is 9.83.